The highest BCUT2D eigenvalue weighted by atomic mass is 35.5. The Balaban J connectivity index is 1.88. The number of halogens is 1. The summed E-state index contributed by atoms with van der Waals surface area (Å²) in [6, 6.07) is 7.35. The Kier molecular flexibility index (Phi) is 4.59. The third kappa shape index (κ3) is 3.80. The van der Waals surface area contributed by atoms with E-state index in [-0.39, 0.29) is 17.6 Å². The quantitative estimate of drug-likeness (QED) is 0.853. The van der Waals surface area contributed by atoms with Crippen LogP contribution in [0.4, 0.5) is 0 Å². The SMILES string of the molecule is CC(=O)C1CCN(C(=O)Cc2ccc(Cl)cc2)CC1. The average Bonchev–Trinajstić information content (AvgIpc) is 2.41. The molecule has 1 aliphatic rings. The van der Waals surface area contributed by atoms with Crippen molar-refractivity contribution in [1.82, 2.24) is 4.90 Å². The number of rotatable bonds is 3. The van der Waals surface area contributed by atoms with Gasteiger partial charge in [-0.1, -0.05) is 23.7 Å². The molecular weight excluding hydrogens is 262 g/mol. The van der Waals surface area contributed by atoms with Crippen molar-refractivity contribution in [3.8, 4) is 0 Å². The zero-order chi connectivity index (χ0) is 13.8. The minimum Gasteiger partial charge on any atom is -0.342 e. The van der Waals surface area contributed by atoms with Crippen molar-refractivity contribution in [3.05, 3.63) is 34.9 Å². The van der Waals surface area contributed by atoms with Gasteiger partial charge in [-0.3, -0.25) is 9.59 Å². The van der Waals surface area contributed by atoms with Gasteiger partial charge in [-0.25, -0.2) is 0 Å². The van der Waals surface area contributed by atoms with Crippen LogP contribution in [0.15, 0.2) is 24.3 Å². The molecule has 19 heavy (non-hydrogen) atoms. The van der Waals surface area contributed by atoms with Gasteiger partial charge < -0.3 is 4.90 Å². The smallest absolute Gasteiger partial charge is 0.226 e. The van der Waals surface area contributed by atoms with Crippen LogP contribution in [0.1, 0.15) is 25.3 Å². The van der Waals surface area contributed by atoms with Crippen LogP contribution in [0.3, 0.4) is 0 Å². The standard InChI is InChI=1S/C15H18ClNO2/c1-11(18)13-6-8-17(9-7-13)15(19)10-12-2-4-14(16)5-3-12/h2-5,13H,6-10H2,1H3. The summed E-state index contributed by atoms with van der Waals surface area (Å²) in [6.07, 6.45) is 1.99. The van der Waals surface area contributed by atoms with E-state index in [4.69, 9.17) is 11.6 Å². The van der Waals surface area contributed by atoms with Crippen molar-refractivity contribution >= 4 is 23.3 Å². The Hall–Kier alpha value is -1.35. The fourth-order valence-corrected chi connectivity index (χ4v) is 2.55. The first-order valence-corrected chi connectivity index (χ1v) is 6.96. The fourth-order valence-electron chi connectivity index (χ4n) is 2.42. The number of Topliss-reactive ketones (excluding diaryl/α,β-unsaturated/α-hetero) is 1. The van der Waals surface area contributed by atoms with Crippen LogP contribution in [-0.4, -0.2) is 29.7 Å². The van der Waals surface area contributed by atoms with Crippen molar-refractivity contribution < 1.29 is 9.59 Å². The molecule has 0 spiro atoms. The van der Waals surface area contributed by atoms with Gasteiger partial charge in [0.2, 0.25) is 5.91 Å². The van der Waals surface area contributed by atoms with Gasteiger partial charge in [0.05, 0.1) is 6.42 Å². The number of benzene rings is 1. The molecule has 1 fully saturated rings. The molecule has 0 unspecified atom stereocenters. The van der Waals surface area contributed by atoms with Crippen molar-refractivity contribution in [2.75, 3.05) is 13.1 Å². The van der Waals surface area contributed by atoms with E-state index in [0.717, 1.165) is 18.4 Å². The molecule has 1 saturated heterocycles. The predicted molar refractivity (Wildman–Crippen MR) is 75.1 cm³/mol. The van der Waals surface area contributed by atoms with Crippen LogP contribution in [0, 0.1) is 5.92 Å². The summed E-state index contributed by atoms with van der Waals surface area (Å²) < 4.78 is 0. The highest BCUT2D eigenvalue weighted by Crippen LogP contribution is 2.19. The van der Waals surface area contributed by atoms with E-state index in [1.165, 1.54) is 0 Å². The van der Waals surface area contributed by atoms with E-state index < -0.39 is 0 Å². The lowest BCUT2D eigenvalue weighted by atomic mass is 9.93. The number of hydrogen-bond acceptors (Lipinski definition) is 2. The number of ketones is 1. The second kappa shape index (κ2) is 6.20. The summed E-state index contributed by atoms with van der Waals surface area (Å²) >= 11 is 5.82. The topological polar surface area (TPSA) is 37.4 Å². The van der Waals surface area contributed by atoms with Gasteiger partial charge in [0.25, 0.3) is 0 Å². The Bertz CT molecular complexity index is 462. The molecule has 0 N–H and O–H groups in total. The fraction of sp³-hybridized carbons (Fsp3) is 0.467. The number of hydrogen-bond donors (Lipinski definition) is 0. The number of piperidine rings is 1. The van der Waals surface area contributed by atoms with Gasteiger partial charge in [-0.15, -0.1) is 0 Å². The lowest BCUT2D eigenvalue weighted by Crippen LogP contribution is -2.40. The van der Waals surface area contributed by atoms with Gasteiger partial charge >= 0.3 is 0 Å². The first-order chi connectivity index (χ1) is 9.06. The minimum atomic E-state index is 0.129. The summed E-state index contributed by atoms with van der Waals surface area (Å²) in [6.45, 7) is 3.02. The monoisotopic (exact) mass is 279 g/mol. The molecule has 4 heteroatoms. The summed E-state index contributed by atoms with van der Waals surface area (Å²) in [7, 11) is 0. The van der Waals surface area contributed by atoms with Crippen LogP contribution in [0.5, 0.6) is 0 Å². The lowest BCUT2D eigenvalue weighted by Gasteiger charge is -2.31. The molecule has 0 aliphatic carbocycles. The second-order valence-electron chi connectivity index (χ2n) is 5.07. The molecule has 0 atom stereocenters. The van der Waals surface area contributed by atoms with Crippen LogP contribution in [0.2, 0.25) is 5.02 Å². The van der Waals surface area contributed by atoms with Crippen LogP contribution < -0.4 is 0 Å². The molecule has 1 aromatic carbocycles. The maximum atomic E-state index is 12.1. The summed E-state index contributed by atoms with van der Waals surface area (Å²) in [4.78, 5) is 25.3. The van der Waals surface area contributed by atoms with E-state index in [9.17, 15) is 9.59 Å². The molecule has 3 nitrogen and oxygen atoms in total. The van der Waals surface area contributed by atoms with Gasteiger partial charge in [-0.05, 0) is 37.5 Å². The number of carbonyl (C=O) groups is 2. The van der Waals surface area contributed by atoms with Crippen molar-refractivity contribution in [2.24, 2.45) is 5.92 Å². The normalized spacial score (nSPS) is 16.4. The third-order valence-corrected chi connectivity index (χ3v) is 3.94. The maximum Gasteiger partial charge on any atom is 0.226 e. The van der Waals surface area contributed by atoms with E-state index in [1.807, 2.05) is 17.0 Å². The highest BCUT2D eigenvalue weighted by molar-refractivity contribution is 6.30. The second-order valence-corrected chi connectivity index (χ2v) is 5.51. The van der Waals surface area contributed by atoms with Crippen molar-refractivity contribution in [2.45, 2.75) is 26.2 Å². The molecule has 1 aromatic rings. The number of amides is 1. The lowest BCUT2D eigenvalue weighted by molar-refractivity contribution is -0.134. The Morgan fingerprint density at radius 1 is 1.21 bits per heavy atom. The Labute approximate surface area is 118 Å². The number of carbonyl (C=O) groups excluding carboxylic acids is 2. The van der Waals surface area contributed by atoms with Crippen LogP contribution in [0.25, 0.3) is 0 Å². The van der Waals surface area contributed by atoms with E-state index in [2.05, 4.69) is 0 Å². The third-order valence-electron chi connectivity index (χ3n) is 3.69. The maximum absolute atomic E-state index is 12.1. The number of nitrogens with zero attached hydrogens (tertiary/aromatic N) is 1. The Morgan fingerprint density at radius 3 is 2.32 bits per heavy atom. The highest BCUT2D eigenvalue weighted by Gasteiger charge is 2.24. The molecule has 102 valence electrons. The summed E-state index contributed by atoms with van der Waals surface area (Å²) in [5.74, 6) is 0.508. The van der Waals surface area contributed by atoms with Gasteiger partial charge in [0, 0.05) is 24.0 Å². The van der Waals surface area contributed by atoms with Crippen LogP contribution in [-0.2, 0) is 16.0 Å². The zero-order valence-electron chi connectivity index (χ0n) is 11.1. The molecule has 0 radical (unpaired) electrons. The largest absolute Gasteiger partial charge is 0.342 e. The minimum absolute atomic E-state index is 0.129. The molecule has 1 heterocycles. The molecule has 0 saturated carbocycles. The van der Waals surface area contributed by atoms with Gasteiger partial charge in [0.1, 0.15) is 5.78 Å². The zero-order valence-corrected chi connectivity index (χ0v) is 11.8. The van der Waals surface area contributed by atoms with Gasteiger partial charge in [0.15, 0.2) is 0 Å². The molecule has 0 bridgehead atoms. The first-order valence-electron chi connectivity index (χ1n) is 6.59. The van der Waals surface area contributed by atoms with Crippen LogP contribution >= 0.6 is 11.6 Å². The van der Waals surface area contributed by atoms with Gasteiger partial charge in [-0.2, -0.15) is 0 Å². The molecule has 2 rings (SSSR count). The molecule has 1 aliphatic heterocycles. The predicted octanol–water partition coefficient (Wildman–Crippen LogP) is 2.71. The summed E-state index contributed by atoms with van der Waals surface area (Å²) in [5, 5.41) is 0.679. The summed E-state index contributed by atoms with van der Waals surface area (Å²) in [5.41, 5.74) is 0.975. The first kappa shape index (κ1) is 14.1. The van der Waals surface area contributed by atoms with Crippen molar-refractivity contribution in [1.29, 1.82) is 0 Å². The number of likely N-dealkylation sites (tertiary alicyclic amines) is 1. The van der Waals surface area contributed by atoms with Crippen molar-refractivity contribution in [3.63, 3.8) is 0 Å². The Morgan fingerprint density at radius 2 is 1.79 bits per heavy atom. The van der Waals surface area contributed by atoms with E-state index in [0.29, 0.717) is 24.5 Å². The molecular formula is C15H18ClNO2. The average molecular weight is 280 g/mol. The molecule has 1 amide bonds. The molecule has 0 aromatic heterocycles. The van der Waals surface area contributed by atoms with E-state index in [1.54, 1.807) is 19.1 Å². The van der Waals surface area contributed by atoms with E-state index >= 15 is 0 Å².